The van der Waals surface area contributed by atoms with E-state index in [1.54, 1.807) is 54.7 Å². The molecule has 5 nitrogen and oxygen atoms in total. The van der Waals surface area contributed by atoms with Crippen molar-refractivity contribution in [3.05, 3.63) is 123 Å². The Hall–Kier alpha value is -4.22. The molecule has 0 amide bonds. The summed E-state index contributed by atoms with van der Waals surface area (Å²) < 4.78 is 82.4. The highest BCUT2D eigenvalue weighted by molar-refractivity contribution is 6.34. The number of aromatic nitrogens is 3. The molecule has 0 fully saturated rings. The summed E-state index contributed by atoms with van der Waals surface area (Å²) in [6.07, 6.45) is -10.5. The molecule has 0 radical (unpaired) electrons. The normalized spacial score (nSPS) is 12.6. The highest BCUT2D eigenvalue weighted by Crippen LogP contribution is 2.50. The molecule has 42 heavy (non-hydrogen) atoms. The molecule has 2 heterocycles. The fourth-order valence-corrected chi connectivity index (χ4v) is 4.99. The Kier molecular flexibility index (Phi) is 7.36. The van der Waals surface area contributed by atoms with Crippen LogP contribution in [0.5, 0.6) is 0 Å². The van der Waals surface area contributed by atoms with Crippen molar-refractivity contribution in [2.24, 2.45) is 0 Å². The van der Waals surface area contributed by atoms with Crippen molar-refractivity contribution in [2.75, 3.05) is 0 Å². The van der Waals surface area contributed by atoms with Gasteiger partial charge in [-0.2, -0.15) is 26.3 Å². The predicted molar refractivity (Wildman–Crippen MR) is 146 cm³/mol. The zero-order chi connectivity index (χ0) is 30.4. The van der Waals surface area contributed by atoms with E-state index >= 15 is 0 Å². The third-order valence-electron chi connectivity index (χ3n) is 6.85. The molecule has 3 aromatic carbocycles. The van der Waals surface area contributed by atoms with Crippen LogP contribution in [0.2, 0.25) is 5.02 Å². The lowest BCUT2D eigenvalue weighted by atomic mass is 9.90. The number of fused-ring (bicyclic) bond motifs is 1. The van der Waals surface area contributed by atoms with Crippen LogP contribution in [0.4, 0.5) is 26.3 Å². The molecule has 0 unspecified atom stereocenters. The van der Waals surface area contributed by atoms with Gasteiger partial charge in [-0.3, -0.25) is 14.3 Å². The van der Waals surface area contributed by atoms with E-state index in [1.807, 2.05) is 0 Å². The molecule has 0 saturated heterocycles. The lowest BCUT2D eigenvalue weighted by molar-refractivity contribution is -0.376. The van der Waals surface area contributed by atoms with Crippen LogP contribution in [0, 0.1) is 6.92 Å². The fourth-order valence-electron chi connectivity index (χ4n) is 4.74. The average molecular weight is 604 g/mol. The molecule has 5 aromatic rings. The molecule has 0 saturated carbocycles. The highest BCUT2D eigenvalue weighted by atomic mass is 35.5. The SMILES string of the molecule is Cc1cc(C(O)(C(F)(F)F)C(F)(F)F)ccc1-n1c(Cc2ccccc2)nc2cc(Cl)c(-c3ccccn3)cc2c1=O. The van der Waals surface area contributed by atoms with Crippen LogP contribution >= 0.6 is 11.6 Å². The van der Waals surface area contributed by atoms with Crippen molar-refractivity contribution >= 4 is 22.5 Å². The summed E-state index contributed by atoms with van der Waals surface area (Å²) in [4.78, 5) is 22.9. The van der Waals surface area contributed by atoms with E-state index in [0.29, 0.717) is 23.4 Å². The summed E-state index contributed by atoms with van der Waals surface area (Å²) in [7, 11) is 0. The number of rotatable bonds is 5. The van der Waals surface area contributed by atoms with Gasteiger partial charge in [-0.15, -0.1) is 0 Å². The molecule has 216 valence electrons. The molecule has 1 N–H and O–H groups in total. The Balaban J connectivity index is 1.77. The number of aliphatic hydroxyl groups is 1. The standard InChI is InChI=1S/C30H20ClF6N3O2/c1-17-13-19(28(42,29(32,33)34)30(35,36)37)10-11-25(17)40-26(14-18-7-3-2-4-8-18)39-24-16-22(31)20(15-21(24)27(40)41)23-9-5-6-12-38-23/h2-13,15-16,42H,14H2,1H3. The molecule has 0 bridgehead atoms. The van der Waals surface area contributed by atoms with Crippen LogP contribution in [0.3, 0.4) is 0 Å². The smallest absolute Gasteiger partial charge is 0.369 e. The van der Waals surface area contributed by atoms with E-state index in [1.165, 1.54) is 19.1 Å². The molecule has 2 aromatic heterocycles. The molecule has 0 aliphatic heterocycles. The minimum atomic E-state index is -6.06. The van der Waals surface area contributed by atoms with Crippen LogP contribution in [0.15, 0.2) is 89.9 Å². The van der Waals surface area contributed by atoms with E-state index in [2.05, 4.69) is 9.97 Å². The minimum absolute atomic E-state index is 0.00915. The number of hydrogen-bond donors (Lipinski definition) is 1. The first kappa shape index (κ1) is 29.3. The second-order valence-corrected chi connectivity index (χ2v) is 10.0. The topological polar surface area (TPSA) is 68.0 Å². The zero-order valence-corrected chi connectivity index (χ0v) is 22.4. The zero-order valence-electron chi connectivity index (χ0n) is 21.6. The van der Waals surface area contributed by atoms with Crippen LogP contribution < -0.4 is 5.56 Å². The Morgan fingerprint density at radius 3 is 2.14 bits per heavy atom. The fraction of sp³-hybridized carbons (Fsp3) is 0.167. The third kappa shape index (κ3) is 5.03. The van der Waals surface area contributed by atoms with E-state index in [-0.39, 0.29) is 39.4 Å². The van der Waals surface area contributed by atoms with E-state index < -0.39 is 29.1 Å². The number of pyridine rings is 1. The van der Waals surface area contributed by atoms with Gasteiger partial charge in [0.15, 0.2) is 0 Å². The first-order chi connectivity index (χ1) is 19.7. The minimum Gasteiger partial charge on any atom is -0.369 e. The van der Waals surface area contributed by atoms with Crippen molar-refractivity contribution in [2.45, 2.75) is 31.3 Å². The number of hydrogen-bond acceptors (Lipinski definition) is 4. The summed E-state index contributed by atoms with van der Waals surface area (Å²) in [6.45, 7) is 1.25. The van der Waals surface area contributed by atoms with Gasteiger partial charge in [0.2, 0.25) is 0 Å². The van der Waals surface area contributed by atoms with Crippen LogP contribution in [-0.2, 0) is 12.0 Å². The summed E-state index contributed by atoms with van der Waals surface area (Å²) in [6, 6.07) is 19.0. The van der Waals surface area contributed by atoms with E-state index in [9.17, 15) is 36.2 Å². The van der Waals surface area contributed by atoms with Gasteiger partial charge in [0.25, 0.3) is 11.2 Å². The highest BCUT2D eigenvalue weighted by Gasteiger charge is 2.71. The summed E-state index contributed by atoms with van der Waals surface area (Å²) in [5, 5.41) is 10.3. The van der Waals surface area contributed by atoms with E-state index in [4.69, 9.17) is 11.6 Å². The first-order valence-corrected chi connectivity index (χ1v) is 12.8. The van der Waals surface area contributed by atoms with Gasteiger partial charge in [-0.25, -0.2) is 4.98 Å². The summed E-state index contributed by atoms with van der Waals surface area (Å²) in [5.74, 6) is 0.165. The number of benzene rings is 3. The molecule has 0 spiro atoms. The van der Waals surface area contributed by atoms with Crippen LogP contribution in [0.25, 0.3) is 27.8 Å². The molecule has 0 atom stereocenters. The molecule has 0 aliphatic carbocycles. The maximum absolute atomic E-state index is 14.0. The Morgan fingerprint density at radius 2 is 1.55 bits per heavy atom. The molecule has 0 aliphatic rings. The lowest BCUT2D eigenvalue weighted by Crippen LogP contribution is -2.54. The number of aryl methyl sites for hydroxylation is 1. The van der Waals surface area contributed by atoms with Crippen molar-refractivity contribution in [1.29, 1.82) is 0 Å². The third-order valence-corrected chi connectivity index (χ3v) is 7.16. The van der Waals surface area contributed by atoms with E-state index in [0.717, 1.165) is 16.2 Å². The van der Waals surface area contributed by atoms with Crippen molar-refractivity contribution in [3.63, 3.8) is 0 Å². The van der Waals surface area contributed by atoms with Crippen molar-refractivity contribution < 1.29 is 31.4 Å². The maximum atomic E-state index is 14.0. The lowest BCUT2D eigenvalue weighted by Gasteiger charge is -2.33. The Morgan fingerprint density at radius 1 is 0.881 bits per heavy atom. The Bertz CT molecular complexity index is 1820. The van der Waals surface area contributed by atoms with Crippen molar-refractivity contribution in [1.82, 2.24) is 14.5 Å². The second-order valence-electron chi connectivity index (χ2n) is 9.60. The molecular formula is C30H20ClF6N3O2. The molecule has 5 rings (SSSR count). The van der Waals surface area contributed by atoms with Crippen molar-refractivity contribution in [3.8, 4) is 16.9 Å². The summed E-state index contributed by atoms with van der Waals surface area (Å²) >= 11 is 6.52. The largest absolute Gasteiger partial charge is 0.430 e. The predicted octanol–water partition coefficient (Wildman–Crippen LogP) is 7.31. The average Bonchev–Trinajstić information content (AvgIpc) is 2.93. The second kappa shape index (κ2) is 10.6. The van der Waals surface area contributed by atoms with Gasteiger partial charge in [-0.05, 0) is 48.4 Å². The van der Waals surface area contributed by atoms with Gasteiger partial charge >= 0.3 is 12.4 Å². The maximum Gasteiger partial charge on any atom is 0.430 e. The number of halogens is 7. The Labute approximate surface area is 239 Å². The van der Waals surface area contributed by atoms with Gasteiger partial charge in [0.05, 0.1) is 27.3 Å². The number of alkyl halides is 6. The monoisotopic (exact) mass is 603 g/mol. The quantitative estimate of drug-likeness (QED) is 0.214. The number of nitrogens with zero attached hydrogens (tertiary/aromatic N) is 3. The van der Waals surface area contributed by atoms with Gasteiger partial charge in [0.1, 0.15) is 5.82 Å². The summed E-state index contributed by atoms with van der Waals surface area (Å²) in [5.41, 5.74) is -5.42. The van der Waals surface area contributed by atoms with Crippen LogP contribution in [-0.4, -0.2) is 32.0 Å². The first-order valence-electron chi connectivity index (χ1n) is 12.4. The van der Waals surface area contributed by atoms with Gasteiger partial charge in [-0.1, -0.05) is 60.1 Å². The van der Waals surface area contributed by atoms with Gasteiger partial charge in [0, 0.05) is 23.7 Å². The van der Waals surface area contributed by atoms with Gasteiger partial charge < -0.3 is 5.11 Å². The van der Waals surface area contributed by atoms with Crippen LogP contribution in [0.1, 0.15) is 22.5 Å². The molecule has 12 heteroatoms. The molecular weight excluding hydrogens is 584 g/mol.